The van der Waals surface area contributed by atoms with Crippen LogP contribution in [0.1, 0.15) is 26.5 Å². The highest BCUT2D eigenvalue weighted by Gasteiger charge is 2.20. The molecule has 3 rings (SSSR count). The lowest BCUT2D eigenvalue weighted by atomic mass is 10.2. The molecule has 0 atom stereocenters. The molecule has 1 aromatic carbocycles. The van der Waals surface area contributed by atoms with Gasteiger partial charge in [-0.15, -0.1) is 11.3 Å². The number of nitrogens with one attached hydrogen (secondary N) is 2. The number of halogens is 1. The fraction of sp³-hybridized carbons (Fsp3) is 0.188. The largest absolute Gasteiger partial charge is 0.357 e. The first-order valence-corrected chi connectivity index (χ1v) is 8.23. The van der Waals surface area contributed by atoms with Crippen molar-refractivity contribution in [1.29, 1.82) is 0 Å². The van der Waals surface area contributed by atoms with Crippen molar-refractivity contribution in [2.24, 2.45) is 0 Å². The number of thiophene rings is 1. The summed E-state index contributed by atoms with van der Waals surface area (Å²) in [6.45, 7) is 6.11. The first-order valence-electron chi connectivity index (χ1n) is 6.62. The molecule has 0 saturated heterocycles. The Hall–Kier alpha value is -1.59. The smallest absolute Gasteiger partial charge is 0.258 e. The number of aromatic nitrogens is 1. The molecule has 0 bridgehead atoms. The summed E-state index contributed by atoms with van der Waals surface area (Å²) in [6, 6.07) is 7.58. The zero-order valence-electron chi connectivity index (χ0n) is 12.0. The molecule has 0 aliphatic carbocycles. The van der Waals surface area contributed by atoms with Gasteiger partial charge in [-0.25, -0.2) is 0 Å². The minimum absolute atomic E-state index is 0.0673. The number of anilines is 1. The molecular weight excluding hydrogens is 348 g/mol. The zero-order chi connectivity index (χ0) is 15.1. The minimum Gasteiger partial charge on any atom is -0.357 e. The molecule has 2 heterocycles. The van der Waals surface area contributed by atoms with Gasteiger partial charge in [0, 0.05) is 20.7 Å². The van der Waals surface area contributed by atoms with E-state index < -0.39 is 0 Å². The number of rotatable bonds is 2. The van der Waals surface area contributed by atoms with E-state index >= 15 is 0 Å². The van der Waals surface area contributed by atoms with Gasteiger partial charge in [0.25, 0.3) is 5.91 Å². The van der Waals surface area contributed by atoms with Gasteiger partial charge < -0.3 is 10.3 Å². The second kappa shape index (κ2) is 5.31. The highest BCUT2D eigenvalue weighted by atomic mass is 79.9. The van der Waals surface area contributed by atoms with Gasteiger partial charge >= 0.3 is 0 Å². The average Bonchev–Trinajstić information content (AvgIpc) is 2.89. The first-order chi connectivity index (χ1) is 9.97. The van der Waals surface area contributed by atoms with E-state index in [1.54, 1.807) is 11.3 Å². The summed E-state index contributed by atoms with van der Waals surface area (Å²) in [5.74, 6) is -0.0673. The van der Waals surface area contributed by atoms with Gasteiger partial charge in [-0.2, -0.15) is 0 Å². The first kappa shape index (κ1) is 14.4. The van der Waals surface area contributed by atoms with Crippen molar-refractivity contribution in [1.82, 2.24) is 4.98 Å². The molecule has 0 aliphatic rings. The number of benzene rings is 1. The van der Waals surface area contributed by atoms with Crippen LogP contribution >= 0.6 is 27.3 Å². The van der Waals surface area contributed by atoms with Crippen molar-refractivity contribution in [3.63, 3.8) is 0 Å². The van der Waals surface area contributed by atoms with Crippen LogP contribution in [0.4, 0.5) is 5.69 Å². The van der Waals surface area contributed by atoms with Crippen molar-refractivity contribution < 1.29 is 4.79 Å². The number of hydrogen-bond acceptors (Lipinski definition) is 2. The number of H-pyrrole nitrogens is 1. The quantitative estimate of drug-likeness (QED) is 0.648. The monoisotopic (exact) mass is 362 g/mol. The summed E-state index contributed by atoms with van der Waals surface area (Å²) in [4.78, 5) is 16.9. The van der Waals surface area contributed by atoms with Crippen molar-refractivity contribution in [2.75, 3.05) is 5.32 Å². The molecule has 0 unspecified atom stereocenters. The molecule has 2 N–H and O–H groups in total. The van der Waals surface area contributed by atoms with Gasteiger partial charge in [0.1, 0.15) is 0 Å². The van der Waals surface area contributed by atoms with Crippen molar-refractivity contribution in [2.45, 2.75) is 20.8 Å². The Morgan fingerprint density at radius 1 is 1.19 bits per heavy atom. The van der Waals surface area contributed by atoms with Crippen LogP contribution in [-0.4, -0.2) is 10.9 Å². The Morgan fingerprint density at radius 2 is 1.86 bits per heavy atom. The van der Waals surface area contributed by atoms with E-state index in [0.717, 1.165) is 31.8 Å². The highest BCUT2D eigenvalue weighted by molar-refractivity contribution is 9.10. The van der Waals surface area contributed by atoms with Crippen LogP contribution in [0.15, 0.2) is 28.7 Å². The van der Waals surface area contributed by atoms with Crippen LogP contribution in [0.25, 0.3) is 10.2 Å². The number of carbonyl (C=O) groups excluding carboxylic acids is 1. The molecule has 0 aliphatic heterocycles. The molecule has 3 nitrogen and oxygen atoms in total. The Kier molecular flexibility index (Phi) is 3.63. The number of carbonyl (C=O) groups is 1. The molecular formula is C16H15BrN2OS. The number of fused-ring (bicyclic) bond motifs is 1. The van der Waals surface area contributed by atoms with Crippen LogP contribution in [0.3, 0.4) is 0 Å². The third-order valence-corrected chi connectivity index (χ3v) is 5.38. The predicted octanol–water partition coefficient (Wildman–Crippen LogP) is 5.17. The third kappa shape index (κ3) is 2.51. The lowest BCUT2D eigenvalue weighted by molar-refractivity contribution is 0.102. The maximum atomic E-state index is 12.6. The Bertz CT molecular complexity index is 830. The molecule has 0 radical (unpaired) electrons. The predicted molar refractivity (Wildman–Crippen MR) is 92.5 cm³/mol. The van der Waals surface area contributed by atoms with Crippen molar-refractivity contribution >= 4 is 49.1 Å². The molecule has 5 heteroatoms. The minimum atomic E-state index is -0.0673. The number of aromatic amines is 1. The lowest BCUT2D eigenvalue weighted by Crippen LogP contribution is -2.12. The summed E-state index contributed by atoms with van der Waals surface area (Å²) < 4.78 is 2.16. The normalized spacial score (nSPS) is 11.0. The van der Waals surface area contributed by atoms with Crippen LogP contribution in [0.2, 0.25) is 0 Å². The van der Waals surface area contributed by atoms with Gasteiger partial charge in [-0.05, 0) is 50.6 Å². The Morgan fingerprint density at radius 3 is 2.52 bits per heavy atom. The van der Waals surface area contributed by atoms with Crippen LogP contribution in [0, 0.1) is 20.8 Å². The maximum absolute atomic E-state index is 12.6. The highest BCUT2D eigenvalue weighted by Crippen LogP contribution is 2.34. The third-order valence-electron chi connectivity index (χ3n) is 3.63. The van der Waals surface area contributed by atoms with Crippen molar-refractivity contribution in [3.05, 3.63) is 50.4 Å². The van der Waals surface area contributed by atoms with E-state index in [9.17, 15) is 4.79 Å². The van der Waals surface area contributed by atoms with E-state index in [4.69, 9.17) is 0 Å². The fourth-order valence-corrected chi connectivity index (χ4v) is 3.81. The van der Waals surface area contributed by atoms with Gasteiger partial charge in [0.15, 0.2) is 0 Å². The SMILES string of the molecule is Cc1[nH]c2c(C(=O)Nc3ccc(Br)cc3)c(C)sc2c1C. The second-order valence-electron chi connectivity index (χ2n) is 5.07. The van der Waals surface area contributed by atoms with Crippen LogP contribution in [-0.2, 0) is 0 Å². The van der Waals surface area contributed by atoms with Crippen LogP contribution in [0.5, 0.6) is 0 Å². The van der Waals surface area contributed by atoms with E-state index in [2.05, 4.69) is 33.2 Å². The van der Waals surface area contributed by atoms with E-state index in [1.807, 2.05) is 38.1 Å². The number of hydrogen-bond donors (Lipinski definition) is 2. The maximum Gasteiger partial charge on any atom is 0.258 e. The molecule has 108 valence electrons. The molecule has 3 aromatic rings. The molecule has 21 heavy (non-hydrogen) atoms. The van der Waals surface area contributed by atoms with E-state index in [-0.39, 0.29) is 5.91 Å². The average molecular weight is 363 g/mol. The summed E-state index contributed by atoms with van der Waals surface area (Å²) in [6.07, 6.45) is 0. The molecule has 0 fully saturated rings. The summed E-state index contributed by atoms with van der Waals surface area (Å²) in [5.41, 5.74) is 4.83. The van der Waals surface area contributed by atoms with Gasteiger partial charge in [-0.3, -0.25) is 4.79 Å². The van der Waals surface area contributed by atoms with Gasteiger partial charge in [0.2, 0.25) is 0 Å². The fourth-order valence-electron chi connectivity index (χ4n) is 2.38. The van der Waals surface area contributed by atoms with Gasteiger partial charge in [-0.1, -0.05) is 15.9 Å². The molecule has 1 amide bonds. The van der Waals surface area contributed by atoms with Crippen LogP contribution < -0.4 is 5.32 Å². The molecule has 2 aromatic heterocycles. The molecule has 0 spiro atoms. The standard InChI is InChI=1S/C16H15BrN2OS/c1-8-9(2)18-14-13(10(3)21-15(8)14)16(20)19-12-6-4-11(17)5-7-12/h4-7,18H,1-3H3,(H,19,20). The number of amides is 1. The summed E-state index contributed by atoms with van der Waals surface area (Å²) in [5, 5.41) is 2.96. The van der Waals surface area contributed by atoms with E-state index in [1.165, 1.54) is 10.3 Å². The molecule has 0 saturated carbocycles. The topological polar surface area (TPSA) is 44.9 Å². The Labute approximate surface area is 135 Å². The number of aryl methyl sites for hydroxylation is 3. The van der Waals surface area contributed by atoms with E-state index in [0.29, 0.717) is 0 Å². The summed E-state index contributed by atoms with van der Waals surface area (Å²) in [7, 11) is 0. The van der Waals surface area contributed by atoms with Gasteiger partial charge in [0.05, 0.1) is 15.8 Å². The second-order valence-corrected chi connectivity index (χ2v) is 7.21. The lowest BCUT2D eigenvalue weighted by Gasteiger charge is -2.05. The summed E-state index contributed by atoms with van der Waals surface area (Å²) >= 11 is 5.06. The zero-order valence-corrected chi connectivity index (χ0v) is 14.4. The Balaban J connectivity index is 1.99. The van der Waals surface area contributed by atoms with Crippen molar-refractivity contribution in [3.8, 4) is 0 Å².